The normalized spacial score (nSPS) is 16.4. The number of halogens is 2. The van der Waals surface area contributed by atoms with E-state index in [1.165, 1.54) is 6.07 Å². The van der Waals surface area contributed by atoms with E-state index in [1.807, 2.05) is 0 Å². The molecule has 76 valence electrons. The number of rotatable bonds is 3. The summed E-state index contributed by atoms with van der Waals surface area (Å²) in [6.07, 6.45) is 0. The van der Waals surface area contributed by atoms with Crippen molar-refractivity contribution >= 4 is 17.3 Å². The molecular weight excluding hydrogens is 203 g/mol. The molecule has 0 saturated carbocycles. The molecule has 2 nitrogen and oxygen atoms in total. The second-order valence-corrected chi connectivity index (χ2v) is 3.97. The van der Waals surface area contributed by atoms with Crippen LogP contribution in [0.25, 0.3) is 0 Å². The maximum Gasteiger partial charge on any atom is 0.146 e. The summed E-state index contributed by atoms with van der Waals surface area (Å²) in [6.45, 7) is 2.81. The van der Waals surface area contributed by atoms with Crippen molar-refractivity contribution in [2.45, 2.75) is 0 Å². The SMILES string of the molecule is Fc1ccc(Cl)cc1NCC1CNC1. The molecule has 1 fully saturated rings. The third-order valence-electron chi connectivity index (χ3n) is 2.38. The van der Waals surface area contributed by atoms with E-state index in [0.717, 1.165) is 19.6 Å². The quantitative estimate of drug-likeness (QED) is 0.806. The predicted octanol–water partition coefficient (Wildman–Crippen LogP) is 2.11. The van der Waals surface area contributed by atoms with Gasteiger partial charge in [0.05, 0.1) is 5.69 Å². The third kappa shape index (κ3) is 2.16. The van der Waals surface area contributed by atoms with Crippen molar-refractivity contribution in [1.29, 1.82) is 0 Å². The standard InChI is InChI=1S/C10H12ClFN2/c11-8-1-2-9(12)10(3-8)14-6-7-4-13-5-7/h1-3,7,13-14H,4-6H2. The van der Waals surface area contributed by atoms with E-state index in [0.29, 0.717) is 16.6 Å². The maximum absolute atomic E-state index is 13.2. The number of anilines is 1. The fraction of sp³-hybridized carbons (Fsp3) is 0.400. The first-order chi connectivity index (χ1) is 6.75. The van der Waals surface area contributed by atoms with Gasteiger partial charge in [0, 0.05) is 30.6 Å². The summed E-state index contributed by atoms with van der Waals surface area (Å²) in [5, 5.41) is 6.78. The Morgan fingerprint density at radius 3 is 2.93 bits per heavy atom. The molecule has 1 aromatic rings. The zero-order chi connectivity index (χ0) is 9.97. The number of nitrogens with one attached hydrogen (secondary N) is 2. The Hall–Kier alpha value is -0.800. The molecule has 0 amide bonds. The van der Waals surface area contributed by atoms with Crippen LogP contribution in [-0.2, 0) is 0 Å². The van der Waals surface area contributed by atoms with E-state index in [2.05, 4.69) is 10.6 Å². The van der Waals surface area contributed by atoms with Gasteiger partial charge in [0.25, 0.3) is 0 Å². The van der Waals surface area contributed by atoms with Gasteiger partial charge in [-0.2, -0.15) is 0 Å². The second kappa shape index (κ2) is 4.15. The summed E-state index contributed by atoms with van der Waals surface area (Å²) in [4.78, 5) is 0. The first kappa shape index (κ1) is 9.74. The lowest BCUT2D eigenvalue weighted by Gasteiger charge is -2.27. The lowest BCUT2D eigenvalue weighted by Crippen LogP contribution is -2.45. The van der Waals surface area contributed by atoms with E-state index in [-0.39, 0.29) is 5.82 Å². The van der Waals surface area contributed by atoms with Gasteiger partial charge in [-0.15, -0.1) is 0 Å². The van der Waals surface area contributed by atoms with Crippen molar-refractivity contribution in [2.75, 3.05) is 25.0 Å². The second-order valence-electron chi connectivity index (χ2n) is 3.53. The van der Waals surface area contributed by atoms with Crippen molar-refractivity contribution in [3.8, 4) is 0 Å². The van der Waals surface area contributed by atoms with Crippen molar-refractivity contribution in [3.05, 3.63) is 29.0 Å². The van der Waals surface area contributed by atoms with Crippen LogP contribution in [-0.4, -0.2) is 19.6 Å². The van der Waals surface area contributed by atoms with Gasteiger partial charge in [0.1, 0.15) is 5.82 Å². The highest BCUT2D eigenvalue weighted by molar-refractivity contribution is 6.30. The highest BCUT2D eigenvalue weighted by Gasteiger charge is 2.16. The summed E-state index contributed by atoms with van der Waals surface area (Å²) >= 11 is 5.76. The minimum Gasteiger partial charge on any atom is -0.382 e. The summed E-state index contributed by atoms with van der Waals surface area (Å²) in [7, 11) is 0. The van der Waals surface area contributed by atoms with E-state index < -0.39 is 0 Å². The molecule has 0 radical (unpaired) electrons. The molecule has 1 aromatic carbocycles. The van der Waals surface area contributed by atoms with Crippen molar-refractivity contribution in [2.24, 2.45) is 5.92 Å². The molecule has 0 bridgehead atoms. The van der Waals surface area contributed by atoms with Gasteiger partial charge in [-0.05, 0) is 18.2 Å². The van der Waals surface area contributed by atoms with Gasteiger partial charge >= 0.3 is 0 Å². The molecule has 1 aliphatic rings. The smallest absolute Gasteiger partial charge is 0.146 e. The average molecular weight is 215 g/mol. The van der Waals surface area contributed by atoms with Gasteiger partial charge in [-0.3, -0.25) is 0 Å². The lowest BCUT2D eigenvalue weighted by molar-refractivity contribution is 0.365. The van der Waals surface area contributed by atoms with Gasteiger partial charge in [-0.1, -0.05) is 11.6 Å². The van der Waals surface area contributed by atoms with E-state index in [4.69, 9.17) is 11.6 Å². The third-order valence-corrected chi connectivity index (χ3v) is 2.61. The Morgan fingerprint density at radius 1 is 1.50 bits per heavy atom. The molecule has 0 atom stereocenters. The van der Waals surface area contributed by atoms with Crippen LogP contribution in [0.2, 0.25) is 5.02 Å². The first-order valence-electron chi connectivity index (χ1n) is 4.65. The monoisotopic (exact) mass is 214 g/mol. The van der Waals surface area contributed by atoms with Crippen LogP contribution in [0.4, 0.5) is 10.1 Å². The molecule has 0 aromatic heterocycles. The van der Waals surface area contributed by atoms with Crippen LogP contribution in [0.15, 0.2) is 18.2 Å². The zero-order valence-corrected chi connectivity index (χ0v) is 8.44. The highest BCUT2D eigenvalue weighted by Crippen LogP contribution is 2.20. The van der Waals surface area contributed by atoms with E-state index >= 15 is 0 Å². The molecule has 0 aliphatic carbocycles. The number of hydrogen-bond acceptors (Lipinski definition) is 2. The minimum absolute atomic E-state index is 0.248. The molecule has 2 rings (SSSR count). The van der Waals surface area contributed by atoms with Crippen molar-refractivity contribution in [3.63, 3.8) is 0 Å². The van der Waals surface area contributed by atoms with Crippen LogP contribution in [0.3, 0.4) is 0 Å². The van der Waals surface area contributed by atoms with Gasteiger partial charge in [0.15, 0.2) is 0 Å². The average Bonchev–Trinajstić information content (AvgIpc) is 2.08. The molecule has 2 N–H and O–H groups in total. The maximum atomic E-state index is 13.2. The van der Waals surface area contributed by atoms with Crippen molar-refractivity contribution in [1.82, 2.24) is 5.32 Å². The van der Waals surface area contributed by atoms with Crippen LogP contribution >= 0.6 is 11.6 Å². The molecule has 1 saturated heterocycles. The fourth-order valence-electron chi connectivity index (χ4n) is 1.38. The highest BCUT2D eigenvalue weighted by atomic mass is 35.5. The molecule has 1 heterocycles. The predicted molar refractivity (Wildman–Crippen MR) is 56.3 cm³/mol. The minimum atomic E-state index is -0.248. The fourth-order valence-corrected chi connectivity index (χ4v) is 1.55. The molecule has 1 aliphatic heterocycles. The van der Waals surface area contributed by atoms with Crippen LogP contribution in [0.5, 0.6) is 0 Å². The Balaban J connectivity index is 1.96. The van der Waals surface area contributed by atoms with Gasteiger partial charge < -0.3 is 10.6 Å². The summed E-state index contributed by atoms with van der Waals surface area (Å²) < 4.78 is 13.2. The van der Waals surface area contributed by atoms with E-state index in [9.17, 15) is 4.39 Å². The van der Waals surface area contributed by atoms with Gasteiger partial charge in [0.2, 0.25) is 0 Å². The molecular formula is C10H12ClFN2. The molecule has 14 heavy (non-hydrogen) atoms. The lowest BCUT2D eigenvalue weighted by atomic mass is 10.0. The number of benzene rings is 1. The van der Waals surface area contributed by atoms with Crippen molar-refractivity contribution < 1.29 is 4.39 Å². The summed E-state index contributed by atoms with van der Waals surface area (Å²) in [5.74, 6) is 0.357. The van der Waals surface area contributed by atoms with Crippen LogP contribution in [0, 0.1) is 11.7 Å². The topological polar surface area (TPSA) is 24.1 Å². The van der Waals surface area contributed by atoms with Crippen LogP contribution in [0.1, 0.15) is 0 Å². The molecule has 0 spiro atoms. The Kier molecular flexibility index (Phi) is 2.89. The number of hydrogen-bond donors (Lipinski definition) is 2. The summed E-state index contributed by atoms with van der Waals surface area (Å²) in [6, 6.07) is 4.54. The molecule has 4 heteroatoms. The Bertz CT molecular complexity index is 326. The van der Waals surface area contributed by atoms with E-state index in [1.54, 1.807) is 12.1 Å². The largest absolute Gasteiger partial charge is 0.382 e. The Labute approximate surface area is 87.5 Å². The zero-order valence-electron chi connectivity index (χ0n) is 7.69. The van der Waals surface area contributed by atoms with Crippen LogP contribution < -0.4 is 10.6 Å². The van der Waals surface area contributed by atoms with Gasteiger partial charge in [-0.25, -0.2) is 4.39 Å². The Morgan fingerprint density at radius 2 is 2.29 bits per heavy atom. The summed E-state index contributed by atoms with van der Waals surface area (Å²) in [5.41, 5.74) is 0.490. The first-order valence-corrected chi connectivity index (χ1v) is 5.03. The molecule has 0 unspecified atom stereocenters.